The summed E-state index contributed by atoms with van der Waals surface area (Å²) in [7, 11) is 1.36. The molecule has 10 heteroatoms. The van der Waals surface area contributed by atoms with Crippen LogP contribution in [-0.2, 0) is 19.0 Å². The molecule has 0 bridgehead atoms. The molecule has 9 nitrogen and oxygen atoms in total. The zero-order valence-electron chi connectivity index (χ0n) is 31.2. The first-order chi connectivity index (χ1) is 24.2. The number of methoxy groups -OCH3 is 1. The highest BCUT2D eigenvalue weighted by atomic mass is 19.1. The Kier molecular flexibility index (Phi) is 11.4. The average molecular weight is 699 g/mol. The highest BCUT2D eigenvalue weighted by molar-refractivity contribution is 5.81. The number of fused-ring (bicyclic) bond motifs is 1. The van der Waals surface area contributed by atoms with Crippen LogP contribution in [0.4, 0.5) is 10.2 Å². The van der Waals surface area contributed by atoms with E-state index in [-0.39, 0.29) is 17.5 Å². The van der Waals surface area contributed by atoms with Crippen LogP contribution in [0.25, 0.3) is 28.0 Å². The van der Waals surface area contributed by atoms with Crippen molar-refractivity contribution in [3.8, 4) is 28.1 Å². The third-order valence-corrected chi connectivity index (χ3v) is 9.10. The molecule has 2 atom stereocenters. The molecule has 0 amide bonds. The van der Waals surface area contributed by atoms with E-state index >= 15 is 4.39 Å². The summed E-state index contributed by atoms with van der Waals surface area (Å²) < 4.78 is 41.5. The summed E-state index contributed by atoms with van der Waals surface area (Å²) in [5.74, 6) is 0.295. The fourth-order valence-corrected chi connectivity index (χ4v) is 6.57. The van der Waals surface area contributed by atoms with E-state index < -0.39 is 17.7 Å². The largest absolute Gasteiger partial charge is 0.490 e. The molecule has 0 aliphatic carbocycles. The quantitative estimate of drug-likeness (QED) is 0.101. The first-order valence-corrected chi connectivity index (χ1v) is 17.5. The minimum absolute atomic E-state index is 0.178. The molecule has 1 fully saturated rings. The van der Waals surface area contributed by atoms with Gasteiger partial charge in [0.2, 0.25) is 0 Å². The molecule has 0 saturated carbocycles. The molecular weight excluding hydrogens is 647 g/mol. The molecule has 4 aromatic rings. The zero-order valence-corrected chi connectivity index (χ0v) is 31.2. The first-order valence-electron chi connectivity index (χ1n) is 17.5. The Morgan fingerprint density at radius 1 is 1.08 bits per heavy atom. The number of hydrogen-bond donors (Lipinski definition) is 0. The van der Waals surface area contributed by atoms with Crippen LogP contribution in [0.15, 0.2) is 67.8 Å². The number of aryl methyl sites for hydroxylation is 2. The highest BCUT2D eigenvalue weighted by Crippen LogP contribution is 2.40. The number of benzene rings is 2. The topological polar surface area (TPSA) is 87.4 Å². The molecule has 0 radical (unpaired) electrons. The minimum atomic E-state index is -1.05. The van der Waals surface area contributed by atoms with Gasteiger partial charge in [0.05, 0.1) is 47.8 Å². The van der Waals surface area contributed by atoms with E-state index in [0.29, 0.717) is 71.4 Å². The Hall–Kier alpha value is -4.54. The Morgan fingerprint density at radius 3 is 2.43 bits per heavy atom. The lowest BCUT2D eigenvalue weighted by molar-refractivity contribution is -0.164. The van der Waals surface area contributed by atoms with Crippen molar-refractivity contribution >= 4 is 17.4 Å². The number of piperidine rings is 1. The SMILES string of the molecule is C=CCOC1(C)CCN(c2c([C@H](OC(C)(C)C)C(=O)OC)c(C)nc3cc(-c4cccc(-c5c(F)cc(C)cc5O[C@@H](C)CC=C)c4)nn23)CC1. The number of rotatable bonds is 13. The van der Waals surface area contributed by atoms with Gasteiger partial charge in [-0.2, -0.15) is 9.61 Å². The number of ether oxygens (including phenoxy) is 4. The monoisotopic (exact) mass is 698 g/mol. The van der Waals surface area contributed by atoms with E-state index in [0.717, 1.165) is 24.0 Å². The molecule has 5 rings (SSSR count). The molecule has 1 saturated heterocycles. The maximum atomic E-state index is 15.7. The van der Waals surface area contributed by atoms with Crippen molar-refractivity contribution in [3.63, 3.8) is 0 Å². The maximum Gasteiger partial charge on any atom is 0.339 e. The third-order valence-electron chi connectivity index (χ3n) is 9.10. The van der Waals surface area contributed by atoms with E-state index in [2.05, 4.69) is 25.0 Å². The maximum absolute atomic E-state index is 15.7. The summed E-state index contributed by atoms with van der Waals surface area (Å²) in [6.07, 6.45) is 4.46. The van der Waals surface area contributed by atoms with Crippen molar-refractivity contribution in [2.75, 3.05) is 31.7 Å². The van der Waals surface area contributed by atoms with Crippen LogP contribution in [0, 0.1) is 19.7 Å². The smallest absolute Gasteiger partial charge is 0.339 e. The molecule has 2 aromatic heterocycles. The minimum Gasteiger partial charge on any atom is -0.490 e. The van der Waals surface area contributed by atoms with Gasteiger partial charge in [-0.25, -0.2) is 14.2 Å². The van der Waals surface area contributed by atoms with Crippen LogP contribution < -0.4 is 9.64 Å². The van der Waals surface area contributed by atoms with Gasteiger partial charge in [-0.15, -0.1) is 13.2 Å². The molecule has 2 aromatic carbocycles. The number of nitrogens with zero attached hydrogens (tertiary/aromatic N) is 4. The second-order valence-corrected chi connectivity index (χ2v) is 14.6. The van der Waals surface area contributed by atoms with Crippen LogP contribution in [-0.4, -0.2) is 64.7 Å². The number of anilines is 1. The number of carbonyl (C=O) groups excluding carboxylic acids is 1. The number of halogens is 1. The predicted octanol–water partition coefficient (Wildman–Crippen LogP) is 8.75. The Balaban J connectivity index is 1.66. The van der Waals surface area contributed by atoms with Gasteiger partial charge < -0.3 is 23.8 Å². The van der Waals surface area contributed by atoms with Gasteiger partial charge in [0.1, 0.15) is 17.4 Å². The summed E-state index contributed by atoms with van der Waals surface area (Å²) in [4.78, 5) is 20.6. The summed E-state index contributed by atoms with van der Waals surface area (Å²) in [6.45, 7) is 22.9. The molecule has 1 aliphatic rings. The number of hydrogen-bond acceptors (Lipinski definition) is 8. The predicted molar refractivity (Wildman–Crippen MR) is 200 cm³/mol. The van der Waals surface area contributed by atoms with Crippen molar-refractivity contribution in [2.24, 2.45) is 0 Å². The second-order valence-electron chi connectivity index (χ2n) is 14.6. The van der Waals surface area contributed by atoms with Gasteiger partial charge in [-0.3, -0.25) is 0 Å². The standard InChI is InChI=1S/C41H51FN4O5/c1-11-14-27(4)50-33-23-26(3)22-31(42)36(33)30-16-13-15-29(24-30)32-25-34-43-28(5)35(37(39(47)48-10)51-40(6,7)8)38(46(34)44-32)45-19-17-41(9,18-20-45)49-21-12-2/h11-13,15-16,22-25,27,37H,1-2,14,17-21H2,3-10H3/t27-,37-/m0/s1. The van der Waals surface area contributed by atoms with Gasteiger partial charge in [0.25, 0.3) is 0 Å². The lowest BCUT2D eigenvalue weighted by Crippen LogP contribution is -2.45. The van der Waals surface area contributed by atoms with Crippen molar-refractivity contribution in [2.45, 2.75) is 91.1 Å². The molecule has 0 N–H and O–H groups in total. The van der Waals surface area contributed by atoms with Gasteiger partial charge in [-0.05, 0) is 90.6 Å². The van der Waals surface area contributed by atoms with E-state index in [1.54, 1.807) is 16.7 Å². The Bertz CT molecular complexity index is 1900. The van der Waals surface area contributed by atoms with Gasteiger partial charge >= 0.3 is 5.97 Å². The molecule has 3 heterocycles. The zero-order chi connectivity index (χ0) is 37.1. The third kappa shape index (κ3) is 8.51. The van der Waals surface area contributed by atoms with Crippen molar-refractivity contribution in [1.29, 1.82) is 0 Å². The molecule has 272 valence electrons. The number of aromatic nitrogens is 3. The van der Waals surface area contributed by atoms with Gasteiger partial charge in [-0.1, -0.05) is 30.4 Å². The van der Waals surface area contributed by atoms with Crippen molar-refractivity contribution in [3.05, 3.63) is 90.4 Å². The van der Waals surface area contributed by atoms with E-state index in [9.17, 15) is 4.79 Å². The fourth-order valence-electron chi connectivity index (χ4n) is 6.57. The van der Waals surface area contributed by atoms with Crippen LogP contribution in [0.3, 0.4) is 0 Å². The fraction of sp³-hybridized carbons (Fsp3) is 0.439. The Labute approximate surface area is 301 Å². The van der Waals surface area contributed by atoms with E-state index in [1.165, 1.54) is 13.2 Å². The van der Waals surface area contributed by atoms with Crippen LogP contribution >= 0.6 is 0 Å². The van der Waals surface area contributed by atoms with E-state index in [1.807, 2.05) is 77.9 Å². The molecular formula is C41H51FN4O5. The van der Waals surface area contributed by atoms with Crippen LogP contribution in [0.5, 0.6) is 5.75 Å². The van der Waals surface area contributed by atoms with Gasteiger partial charge in [0.15, 0.2) is 11.8 Å². The number of carbonyl (C=O) groups is 1. The summed E-state index contributed by atoms with van der Waals surface area (Å²) in [6, 6.07) is 12.9. The summed E-state index contributed by atoms with van der Waals surface area (Å²) in [5, 5.41) is 5.10. The van der Waals surface area contributed by atoms with Crippen LogP contribution in [0.1, 0.15) is 76.8 Å². The second kappa shape index (κ2) is 15.4. The average Bonchev–Trinajstić information content (AvgIpc) is 3.49. The van der Waals surface area contributed by atoms with Gasteiger partial charge in [0, 0.05) is 36.8 Å². The van der Waals surface area contributed by atoms with Crippen LogP contribution in [0.2, 0.25) is 0 Å². The summed E-state index contributed by atoms with van der Waals surface area (Å²) in [5.41, 5.74) is 4.07. The van der Waals surface area contributed by atoms with Crippen molar-refractivity contribution < 1.29 is 28.1 Å². The summed E-state index contributed by atoms with van der Waals surface area (Å²) >= 11 is 0. The normalized spacial score (nSPS) is 15.7. The molecule has 0 unspecified atom stereocenters. The Morgan fingerprint density at radius 2 is 1.78 bits per heavy atom. The molecule has 51 heavy (non-hydrogen) atoms. The molecule has 1 aliphatic heterocycles. The first kappa shape index (κ1) is 37.7. The van der Waals surface area contributed by atoms with Crippen molar-refractivity contribution in [1.82, 2.24) is 14.6 Å². The lowest BCUT2D eigenvalue weighted by Gasteiger charge is -2.41. The van der Waals surface area contributed by atoms with E-state index in [4.69, 9.17) is 29.0 Å². The highest BCUT2D eigenvalue weighted by Gasteiger charge is 2.38. The lowest BCUT2D eigenvalue weighted by atomic mass is 9.92. The number of esters is 1. The molecule has 0 spiro atoms.